The van der Waals surface area contributed by atoms with Crippen LogP contribution in [-0.2, 0) is 5.41 Å². The minimum Gasteiger partial charge on any atom is -0.310 e. The van der Waals surface area contributed by atoms with Crippen molar-refractivity contribution >= 4 is 49.9 Å². The number of anilines is 3. The zero-order valence-electron chi connectivity index (χ0n) is 35.1. The van der Waals surface area contributed by atoms with Crippen LogP contribution in [0.2, 0.25) is 0 Å². The van der Waals surface area contributed by atoms with Crippen LogP contribution in [0.4, 0.5) is 17.1 Å². The van der Waals surface area contributed by atoms with Gasteiger partial charge in [-0.2, -0.15) is 0 Å². The van der Waals surface area contributed by atoms with Crippen LogP contribution >= 0.6 is 0 Å². The first kappa shape index (κ1) is 36.7. The first-order valence-corrected chi connectivity index (χ1v) is 21.7. The summed E-state index contributed by atoms with van der Waals surface area (Å²) < 4.78 is 2.31. The molecule has 4 nitrogen and oxygen atoms in total. The van der Waals surface area contributed by atoms with Gasteiger partial charge in [0, 0.05) is 44.9 Å². The Hall–Kier alpha value is -8.08. The summed E-state index contributed by atoms with van der Waals surface area (Å²) in [7, 11) is 0. The molecule has 0 spiro atoms. The summed E-state index contributed by atoms with van der Waals surface area (Å²) >= 11 is 0. The Morgan fingerprint density at radius 1 is 0.444 bits per heavy atom. The highest BCUT2D eigenvalue weighted by Crippen LogP contribution is 2.54. The summed E-state index contributed by atoms with van der Waals surface area (Å²) in [6.45, 7) is 4.69. The number of fused-ring (bicyclic) bond motifs is 7. The van der Waals surface area contributed by atoms with E-state index in [9.17, 15) is 0 Å². The average molecular weight is 807 g/mol. The molecule has 63 heavy (non-hydrogen) atoms. The summed E-state index contributed by atoms with van der Waals surface area (Å²) in [4.78, 5) is 12.6. The molecule has 0 unspecified atom stereocenters. The fourth-order valence-electron chi connectivity index (χ4n) is 9.98. The maximum atomic E-state index is 5.29. The van der Waals surface area contributed by atoms with E-state index in [1.54, 1.807) is 0 Å². The van der Waals surface area contributed by atoms with Crippen molar-refractivity contribution in [2.24, 2.45) is 0 Å². The maximum absolute atomic E-state index is 5.29. The van der Waals surface area contributed by atoms with Crippen molar-refractivity contribution in [2.75, 3.05) is 4.90 Å². The van der Waals surface area contributed by atoms with Crippen LogP contribution in [0.25, 0.3) is 83.2 Å². The molecule has 0 aliphatic heterocycles. The Kier molecular flexibility index (Phi) is 8.48. The number of rotatable bonds is 7. The second kappa shape index (κ2) is 14.5. The summed E-state index contributed by atoms with van der Waals surface area (Å²) in [5, 5.41) is 2.39. The van der Waals surface area contributed by atoms with Gasteiger partial charge in [0.25, 0.3) is 0 Å². The molecule has 1 aliphatic carbocycles. The standard InChI is InChI=1S/C59H42N4/c1-59(2)50-21-11-9-20-47(50)57-51(59)22-13-25-55(57)62(44-31-26-41(27-32-44)39-15-5-3-6-16-39)45-33-28-42(29-34-45)48-38-56(61-52-23-14-36-60-58(48)52)63-53-24-12-10-19-46(53)49-37-43(30-35-54(49)63)40-17-7-4-8-18-40/h3-38H,1-2H3. The summed E-state index contributed by atoms with van der Waals surface area (Å²) in [6, 6.07) is 76.5. The zero-order valence-corrected chi connectivity index (χ0v) is 35.1. The molecule has 0 radical (unpaired) electrons. The predicted molar refractivity (Wildman–Crippen MR) is 262 cm³/mol. The number of hydrogen-bond donors (Lipinski definition) is 0. The van der Waals surface area contributed by atoms with Gasteiger partial charge in [0.1, 0.15) is 5.82 Å². The first-order chi connectivity index (χ1) is 31.0. The maximum Gasteiger partial charge on any atom is 0.139 e. The third-order valence-electron chi connectivity index (χ3n) is 13.1. The van der Waals surface area contributed by atoms with Crippen LogP contribution in [-0.4, -0.2) is 14.5 Å². The Balaban J connectivity index is 1.01. The molecule has 12 rings (SSSR count). The Labute approximate surface area is 367 Å². The van der Waals surface area contributed by atoms with E-state index in [-0.39, 0.29) is 5.41 Å². The van der Waals surface area contributed by atoms with Crippen LogP contribution in [0, 0.1) is 0 Å². The summed E-state index contributed by atoms with van der Waals surface area (Å²) in [5.74, 6) is 0.856. The zero-order chi connectivity index (χ0) is 42.1. The summed E-state index contributed by atoms with van der Waals surface area (Å²) in [5.41, 5.74) is 19.3. The lowest BCUT2D eigenvalue weighted by Crippen LogP contribution is -2.16. The Morgan fingerprint density at radius 2 is 1.05 bits per heavy atom. The smallest absolute Gasteiger partial charge is 0.139 e. The number of benzene rings is 8. The third kappa shape index (κ3) is 5.98. The quantitative estimate of drug-likeness (QED) is 0.161. The average Bonchev–Trinajstić information content (AvgIpc) is 3.80. The topological polar surface area (TPSA) is 34.0 Å². The fourth-order valence-corrected chi connectivity index (χ4v) is 9.98. The van der Waals surface area contributed by atoms with Crippen molar-refractivity contribution in [1.82, 2.24) is 14.5 Å². The monoisotopic (exact) mass is 806 g/mol. The molecule has 3 heterocycles. The molecule has 0 bridgehead atoms. The molecule has 11 aromatic rings. The molecule has 0 fully saturated rings. The van der Waals surface area contributed by atoms with E-state index in [0.717, 1.165) is 56.1 Å². The summed E-state index contributed by atoms with van der Waals surface area (Å²) in [6.07, 6.45) is 1.86. The normalized spacial score (nSPS) is 12.7. The minimum atomic E-state index is -0.123. The van der Waals surface area contributed by atoms with Gasteiger partial charge in [-0.15, -0.1) is 0 Å². The van der Waals surface area contributed by atoms with E-state index in [1.807, 2.05) is 12.3 Å². The van der Waals surface area contributed by atoms with E-state index in [4.69, 9.17) is 9.97 Å². The second-order valence-corrected chi connectivity index (χ2v) is 17.0. The van der Waals surface area contributed by atoms with Crippen molar-refractivity contribution in [2.45, 2.75) is 19.3 Å². The second-order valence-electron chi connectivity index (χ2n) is 17.0. The Morgan fingerprint density at radius 3 is 1.81 bits per heavy atom. The van der Waals surface area contributed by atoms with E-state index in [0.29, 0.717) is 0 Å². The van der Waals surface area contributed by atoms with Gasteiger partial charge in [-0.05, 0) is 111 Å². The molecule has 0 saturated heterocycles. The highest BCUT2D eigenvalue weighted by molar-refractivity contribution is 6.10. The van der Waals surface area contributed by atoms with Crippen molar-refractivity contribution in [3.63, 3.8) is 0 Å². The van der Waals surface area contributed by atoms with Crippen LogP contribution in [0.3, 0.4) is 0 Å². The number of pyridine rings is 2. The first-order valence-electron chi connectivity index (χ1n) is 21.7. The Bertz CT molecular complexity index is 3510. The highest BCUT2D eigenvalue weighted by Gasteiger charge is 2.37. The van der Waals surface area contributed by atoms with Crippen LogP contribution in [0.1, 0.15) is 25.0 Å². The SMILES string of the molecule is CC1(C)c2ccccc2-c2c(N(c3ccc(-c4ccccc4)cc3)c3ccc(-c4cc(-n5c6ccccc6c6cc(-c7ccccc7)ccc65)nc5cccnc45)cc3)cccc21. The predicted octanol–water partition coefficient (Wildman–Crippen LogP) is 15.5. The lowest BCUT2D eigenvalue weighted by atomic mass is 9.82. The lowest BCUT2D eigenvalue weighted by Gasteiger charge is -2.29. The molecule has 0 N–H and O–H groups in total. The van der Waals surface area contributed by atoms with Crippen molar-refractivity contribution in [3.05, 3.63) is 230 Å². The van der Waals surface area contributed by atoms with Crippen LogP contribution < -0.4 is 4.90 Å². The number of nitrogens with zero attached hydrogens (tertiary/aromatic N) is 4. The fraction of sp³-hybridized carbons (Fsp3) is 0.0508. The molecule has 0 saturated carbocycles. The third-order valence-corrected chi connectivity index (χ3v) is 13.1. The number of aromatic nitrogens is 3. The van der Waals surface area contributed by atoms with Gasteiger partial charge < -0.3 is 4.90 Å². The van der Waals surface area contributed by atoms with Crippen molar-refractivity contribution in [1.29, 1.82) is 0 Å². The molecular weight excluding hydrogens is 765 g/mol. The molecule has 8 aromatic carbocycles. The van der Waals surface area contributed by atoms with E-state index in [2.05, 4.69) is 230 Å². The van der Waals surface area contributed by atoms with Gasteiger partial charge in [-0.3, -0.25) is 9.55 Å². The van der Waals surface area contributed by atoms with E-state index < -0.39 is 0 Å². The molecule has 3 aromatic heterocycles. The van der Waals surface area contributed by atoms with Crippen molar-refractivity contribution < 1.29 is 0 Å². The van der Waals surface area contributed by atoms with Crippen LogP contribution in [0.15, 0.2) is 219 Å². The molecule has 4 heteroatoms. The van der Waals surface area contributed by atoms with Gasteiger partial charge in [0.15, 0.2) is 0 Å². The van der Waals surface area contributed by atoms with Gasteiger partial charge in [0.05, 0.1) is 27.8 Å². The molecule has 0 amide bonds. The molecule has 1 aliphatic rings. The van der Waals surface area contributed by atoms with Crippen LogP contribution in [0.5, 0.6) is 0 Å². The largest absolute Gasteiger partial charge is 0.310 e. The molecule has 298 valence electrons. The molecular formula is C59H42N4. The lowest BCUT2D eigenvalue weighted by molar-refractivity contribution is 0.660. The van der Waals surface area contributed by atoms with E-state index >= 15 is 0 Å². The van der Waals surface area contributed by atoms with E-state index in [1.165, 1.54) is 55.3 Å². The van der Waals surface area contributed by atoms with Gasteiger partial charge in [-0.25, -0.2) is 4.98 Å². The van der Waals surface area contributed by atoms with Gasteiger partial charge >= 0.3 is 0 Å². The van der Waals surface area contributed by atoms with Gasteiger partial charge in [-0.1, -0.05) is 159 Å². The number of para-hydroxylation sites is 1. The molecule has 0 atom stereocenters. The van der Waals surface area contributed by atoms with Crippen molar-refractivity contribution in [3.8, 4) is 50.3 Å². The highest BCUT2D eigenvalue weighted by atomic mass is 15.1. The number of hydrogen-bond acceptors (Lipinski definition) is 3. The van der Waals surface area contributed by atoms with Gasteiger partial charge in [0.2, 0.25) is 0 Å². The minimum absolute atomic E-state index is 0.123.